The molecule has 3 atom stereocenters. The lowest BCUT2D eigenvalue weighted by Gasteiger charge is -2.36. The summed E-state index contributed by atoms with van der Waals surface area (Å²) in [7, 11) is 0. The molecule has 2 aromatic rings. The van der Waals surface area contributed by atoms with Gasteiger partial charge in [0.1, 0.15) is 0 Å². The molecule has 0 saturated carbocycles. The Labute approximate surface area is 170 Å². The van der Waals surface area contributed by atoms with E-state index in [0.29, 0.717) is 23.7 Å². The van der Waals surface area contributed by atoms with Crippen molar-refractivity contribution >= 4 is 23.4 Å². The number of carbonyl (C=O) groups excluding carboxylic acids is 2. The highest BCUT2D eigenvalue weighted by Gasteiger charge is 2.28. The minimum absolute atomic E-state index is 0.000548. The number of carbonyl (C=O) groups is 2. The van der Waals surface area contributed by atoms with E-state index in [4.69, 9.17) is 16.3 Å². The van der Waals surface area contributed by atoms with Gasteiger partial charge in [-0.2, -0.15) is 0 Å². The van der Waals surface area contributed by atoms with Crippen LogP contribution >= 0.6 is 11.6 Å². The molecule has 0 spiro atoms. The van der Waals surface area contributed by atoms with Gasteiger partial charge in [0.25, 0.3) is 5.91 Å². The molecule has 1 saturated heterocycles. The molecule has 0 bridgehead atoms. The molecule has 2 aromatic carbocycles. The lowest BCUT2D eigenvalue weighted by Crippen LogP contribution is -2.49. The van der Waals surface area contributed by atoms with E-state index in [2.05, 4.69) is 5.32 Å². The summed E-state index contributed by atoms with van der Waals surface area (Å²) in [5, 5.41) is 3.36. The van der Waals surface area contributed by atoms with Crippen molar-refractivity contribution in [3.05, 3.63) is 70.7 Å². The molecule has 2 amide bonds. The number of benzene rings is 2. The molecule has 1 fully saturated rings. The molecule has 1 aliphatic heterocycles. The zero-order valence-corrected chi connectivity index (χ0v) is 16.9. The predicted molar refractivity (Wildman–Crippen MR) is 109 cm³/mol. The van der Waals surface area contributed by atoms with Crippen molar-refractivity contribution in [2.24, 2.45) is 0 Å². The minimum Gasteiger partial charge on any atom is -0.372 e. The first-order valence-corrected chi connectivity index (χ1v) is 9.85. The van der Waals surface area contributed by atoms with E-state index in [0.717, 1.165) is 5.56 Å². The third-order valence-corrected chi connectivity index (χ3v) is 5.11. The van der Waals surface area contributed by atoms with Crippen molar-refractivity contribution < 1.29 is 14.3 Å². The van der Waals surface area contributed by atoms with Crippen LogP contribution in [-0.4, -0.2) is 42.0 Å². The van der Waals surface area contributed by atoms with Crippen molar-refractivity contribution in [2.45, 2.75) is 38.5 Å². The van der Waals surface area contributed by atoms with E-state index in [9.17, 15) is 9.59 Å². The van der Waals surface area contributed by atoms with Gasteiger partial charge in [-0.1, -0.05) is 54.1 Å². The second-order valence-corrected chi connectivity index (χ2v) is 7.58. The van der Waals surface area contributed by atoms with Gasteiger partial charge in [-0.05, 0) is 31.5 Å². The monoisotopic (exact) mass is 400 g/mol. The van der Waals surface area contributed by atoms with Gasteiger partial charge in [0.2, 0.25) is 5.91 Å². The average Bonchev–Trinajstić information content (AvgIpc) is 2.67. The first kappa shape index (κ1) is 20.4. The highest BCUT2D eigenvalue weighted by molar-refractivity contribution is 6.33. The van der Waals surface area contributed by atoms with Crippen molar-refractivity contribution in [3.63, 3.8) is 0 Å². The molecule has 0 unspecified atom stereocenters. The van der Waals surface area contributed by atoms with Gasteiger partial charge in [0.05, 0.1) is 35.3 Å². The molecule has 6 heteroatoms. The van der Waals surface area contributed by atoms with Gasteiger partial charge >= 0.3 is 0 Å². The maximum Gasteiger partial charge on any atom is 0.253 e. The van der Waals surface area contributed by atoms with Crippen LogP contribution in [0.5, 0.6) is 0 Å². The molecule has 148 valence electrons. The Bertz CT molecular complexity index is 818. The summed E-state index contributed by atoms with van der Waals surface area (Å²) in [6.07, 6.45) is 0.181. The molecular weight excluding hydrogens is 376 g/mol. The third-order valence-electron chi connectivity index (χ3n) is 4.78. The smallest absolute Gasteiger partial charge is 0.253 e. The predicted octanol–water partition coefficient (Wildman–Crippen LogP) is 3.84. The Kier molecular flexibility index (Phi) is 6.70. The summed E-state index contributed by atoms with van der Waals surface area (Å²) >= 11 is 6.16. The number of morpholine rings is 1. The Morgan fingerprint density at radius 2 is 1.68 bits per heavy atom. The van der Waals surface area contributed by atoms with Crippen molar-refractivity contribution in [1.29, 1.82) is 0 Å². The maximum absolute atomic E-state index is 13.0. The zero-order chi connectivity index (χ0) is 20.1. The van der Waals surface area contributed by atoms with E-state index in [1.807, 2.05) is 49.1 Å². The molecule has 28 heavy (non-hydrogen) atoms. The fourth-order valence-corrected chi connectivity index (χ4v) is 3.73. The van der Waals surface area contributed by atoms with Crippen molar-refractivity contribution in [3.8, 4) is 0 Å². The number of nitrogens with one attached hydrogen (secondary N) is 1. The molecule has 3 rings (SSSR count). The topological polar surface area (TPSA) is 58.6 Å². The largest absolute Gasteiger partial charge is 0.372 e. The fraction of sp³-hybridized carbons (Fsp3) is 0.364. The third kappa shape index (κ3) is 5.12. The number of rotatable bonds is 5. The standard InChI is InChI=1S/C22H25ClN2O3/c1-15-13-25(14-16(2)28-15)21(26)12-20(17-8-4-3-5-9-17)24-22(27)18-10-6-7-11-19(18)23/h3-11,15-16,20H,12-14H2,1-2H3,(H,24,27)/t15-,16+,20-/m0/s1. The van der Waals surface area contributed by atoms with E-state index < -0.39 is 6.04 Å². The highest BCUT2D eigenvalue weighted by atomic mass is 35.5. The average molecular weight is 401 g/mol. The zero-order valence-electron chi connectivity index (χ0n) is 16.1. The van der Waals surface area contributed by atoms with Crippen molar-refractivity contribution in [1.82, 2.24) is 10.2 Å². The maximum atomic E-state index is 13.0. The second-order valence-electron chi connectivity index (χ2n) is 7.18. The molecule has 0 radical (unpaired) electrons. The van der Waals surface area contributed by atoms with E-state index in [1.165, 1.54) is 0 Å². The van der Waals surface area contributed by atoms with E-state index >= 15 is 0 Å². The van der Waals surface area contributed by atoms with Crippen LogP contribution in [0.4, 0.5) is 0 Å². The minimum atomic E-state index is -0.439. The van der Waals surface area contributed by atoms with Gasteiger partial charge < -0.3 is 15.0 Å². The lowest BCUT2D eigenvalue weighted by molar-refractivity contribution is -0.143. The Morgan fingerprint density at radius 3 is 2.32 bits per heavy atom. The Morgan fingerprint density at radius 1 is 1.07 bits per heavy atom. The highest BCUT2D eigenvalue weighted by Crippen LogP contribution is 2.22. The molecule has 5 nitrogen and oxygen atoms in total. The van der Waals surface area contributed by atoms with E-state index in [1.54, 1.807) is 24.3 Å². The summed E-state index contributed by atoms with van der Waals surface area (Å²) in [4.78, 5) is 27.5. The first-order valence-electron chi connectivity index (χ1n) is 9.47. The van der Waals surface area contributed by atoms with Crippen LogP contribution in [0.2, 0.25) is 5.02 Å². The van der Waals surface area contributed by atoms with Crippen LogP contribution in [-0.2, 0) is 9.53 Å². The number of nitrogens with zero attached hydrogens (tertiary/aromatic N) is 1. The molecule has 1 heterocycles. The van der Waals surface area contributed by atoms with Crippen LogP contribution in [0.3, 0.4) is 0 Å². The Hall–Kier alpha value is -2.37. The van der Waals surface area contributed by atoms with Gasteiger partial charge in [-0.15, -0.1) is 0 Å². The number of hydrogen-bond acceptors (Lipinski definition) is 3. The van der Waals surface area contributed by atoms with Crippen LogP contribution in [0.1, 0.15) is 42.2 Å². The van der Waals surface area contributed by atoms with Gasteiger partial charge in [0, 0.05) is 13.1 Å². The summed E-state index contributed by atoms with van der Waals surface area (Å²) in [6.45, 7) is 5.04. The SMILES string of the molecule is C[C@@H]1CN(C(=O)C[C@H](NC(=O)c2ccccc2Cl)c2ccccc2)C[C@H](C)O1. The summed E-state index contributed by atoms with van der Waals surface area (Å²) in [5.41, 5.74) is 1.27. The molecule has 1 N–H and O–H groups in total. The van der Waals surface area contributed by atoms with E-state index in [-0.39, 0.29) is 30.4 Å². The quantitative estimate of drug-likeness (QED) is 0.829. The number of amides is 2. The van der Waals surface area contributed by atoms with Crippen LogP contribution < -0.4 is 5.32 Å². The molecular formula is C22H25ClN2O3. The summed E-state index contributed by atoms with van der Waals surface area (Å²) in [5.74, 6) is -0.300. The summed E-state index contributed by atoms with van der Waals surface area (Å²) in [6, 6.07) is 16.0. The van der Waals surface area contributed by atoms with Gasteiger partial charge in [-0.3, -0.25) is 9.59 Å². The van der Waals surface area contributed by atoms with Crippen LogP contribution in [0.15, 0.2) is 54.6 Å². The number of ether oxygens (including phenoxy) is 1. The molecule has 1 aliphatic rings. The van der Waals surface area contributed by atoms with Crippen LogP contribution in [0.25, 0.3) is 0 Å². The first-order chi connectivity index (χ1) is 13.4. The molecule has 0 aliphatic carbocycles. The second kappa shape index (κ2) is 9.22. The normalized spacial score (nSPS) is 20.5. The van der Waals surface area contributed by atoms with Crippen LogP contribution in [0, 0.1) is 0 Å². The Balaban J connectivity index is 1.77. The lowest BCUT2D eigenvalue weighted by atomic mass is 10.0. The fourth-order valence-electron chi connectivity index (χ4n) is 3.50. The van der Waals surface area contributed by atoms with Gasteiger partial charge in [-0.25, -0.2) is 0 Å². The van der Waals surface area contributed by atoms with Gasteiger partial charge in [0.15, 0.2) is 0 Å². The number of halogens is 1. The van der Waals surface area contributed by atoms with Crippen molar-refractivity contribution in [2.75, 3.05) is 13.1 Å². The summed E-state index contributed by atoms with van der Waals surface area (Å²) < 4.78 is 5.71. The molecule has 0 aromatic heterocycles. The number of hydrogen-bond donors (Lipinski definition) is 1.